The zero-order valence-corrected chi connectivity index (χ0v) is 19.2. The molecule has 9 heteroatoms. The summed E-state index contributed by atoms with van der Waals surface area (Å²) < 4.78 is 46.2. The Hall–Kier alpha value is -2.00. The number of amides is 1. The van der Waals surface area contributed by atoms with Crippen molar-refractivity contribution in [2.75, 3.05) is 39.4 Å². The third kappa shape index (κ3) is 4.55. The lowest BCUT2D eigenvalue weighted by Crippen LogP contribution is -2.51. The molecule has 2 aromatic rings. The number of ether oxygens (including phenoxy) is 1. The Balaban J connectivity index is 1.55. The molecule has 2 aliphatic rings. The van der Waals surface area contributed by atoms with Crippen LogP contribution in [0.4, 0.5) is 4.39 Å². The molecule has 2 aromatic carbocycles. The van der Waals surface area contributed by atoms with E-state index in [4.69, 9.17) is 16.3 Å². The number of hydrogen-bond acceptors (Lipinski definition) is 4. The highest BCUT2D eigenvalue weighted by Gasteiger charge is 2.44. The molecule has 0 aromatic heterocycles. The first-order valence-corrected chi connectivity index (χ1v) is 12.5. The molecule has 0 unspecified atom stereocenters. The lowest BCUT2D eigenvalue weighted by Gasteiger charge is -2.40. The Labute approximate surface area is 193 Å². The van der Waals surface area contributed by atoms with Gasteiger partial charge in [0.1, 0.15) is 5.82 Å². The van der Waals surface area contributed by atoms with E-state index in [1.165, 1.54) is 16.4 Å². The van der Waals surface area contributed by atoms with Crippen LogP contribution in [0, 0.1) is 5.82 Å². The molecule has 2 fully saturated rings. The van der Waals surface area contributed by atoms with E-state index in [1.54, 1.807) is 11.0 Å². The molecule has 4 rings (SSSR count). The van der Waals surface area contributed by atoms with Crippen LogP contribution >= 0.6 is 11.6 Å². The average Bonchev–Trinajstić information content (AvgIpc) is 3.06. The van der Waals surface area contributed by atoms with Crippen LogP contribution in [0.5, 0.6) is 0 Å². The van der Waals surface area contributed by atoms with E-state index in [1.807, 2.05) is 18.2 Å². The molecule has 32 heavy (non-hydrogen) atoms. The Morgan fingerprint density at radius 2 is 1.72 bits per heavy atom. The average molecular weight is 481 g/mol. The largest absolute Gasteiger partial charge is 0.381 e. The molecule has 6 nitrogen and oxygen atoms in total. The van der Waals surface area contributed by atoms with Gasteiger partial charge in [-0.15, -0.1) is 0 Å². The summed E-state index contributed by atoms with van der Waals surface area (Å²) in [6.07, 6.45) is 1.63. The number of benzene rings is 2. The van der Waals surface area contributed by atoms with Gasteiger partial charge < -0.3 is 9.64 Å². The highest BCUT2D eigenvalue weighted by molar-refractivity contribution is 7.89. The summed E-state index contributed by atoms with van der Waals surface area (Å²) in [5.41, 5.74) is 0.145. The molecule has 0 atom stereocenters. The second-order valence-electron chi connectivity index (χ2n) is 8.21. The van der Waals surface area contributed by atoms with E-state index in [0.29, 0.717) is 57.1 Å². The maximum atomic E-state index is 13.8. The maximum absolute atomic E-state index is 13.8. The van der Waals surface area contributed by atoms with Crippen LogP contribution in [0.2, 0.25) is 5.02 Å². The normalized spacial score (nSPS) is 20.0. The van der Waals surface area contributed by atoms with Gasteiger partial charge in [-0.3, -0.25) is 4.79 Å². The summed E-state index contributed by atoms with van der Waals surface area (Å²) in [6.45, 7) is 2.22. The topological polar surface area (TPSA) is 66.9 Å². The van der Waals surface area contributed by atoms with Crippen LogP contribution in [-0.4, -0.2) is 62.9 Å². The number of rotatable bonds is 4. The van der Waals surface area contributed by atoms with E-state index >= 15 is 0 Å². The number of hydrogen-bond donors (Lipinski definition) is 0. The lowest BCUT2D eigenvalue weighted by atomic mass is 9.73. The fourth-order valence-electron chi connectivity index (χ4n) is 4.53. The molecule has 0 bridgehead atoms. The van der Waals surface area contributed by atoms with Crippen molar-refractivity contribution in [3.8, 4) is 0 Å². The van der Waals surface area contributed by atoms with Gasteiger partial charge in [0.05, 0.1) is 10.3 Å². The molecule has 0 aliphatic carbocycles. The fraction of sp³-hybridized carbons (Fsp3) is 0.435. The Morgan fingerprint density at radius 1 is 1.00 bits per heavy atom. The van der Waals surface area contributed by atoms with Gasteiger partial charge in [0.25, 0.3) is 0 Å². The van der Waals surface area contributed by atoms with Crippen LogP contribution in [0.25, 0.3) is 0 Å². The minimum atomic E-state index is -3.76. The summed E-state index contributed by atoms with van der Waals surface area (Å²) in [5, 5.41) is 0.577. The molecule has 2 aliphatic heterocycles. The van der Waals surface area contributed by atoms with Crippen molar-refractivity contribution in [1.29, 1.82) is 0 Å². The molecule has 0 spiro atoms. The van der Waals surface area contributed by atoms with Gasteiger partial charge in [0, 0.05) is 44.4 Å². The molecular weight excluding hydrogens is 455 g/mol. The Kier molecular flexibility index (Phi) is 6.86. The Bertz CT molecular complexity index is 1070. The van der Waals surface area contributed by atoms with Gasteiger partial charge in [0.2, 0.25) is 15.9 Å². The molecule has 2 heterocycles. The smallest absolute Gasteiger partial charge is 0.243 e. The predicted molar refractivity (Wildman–Crippen MR) is 120 cm³/mol. The summed E-state index contributed by atoms with van der Waals surface area (Å²) in [4.78, 5) is 15.6. The minimum absolute atomic E-state index is 0.0101. The number of sulfonamides is 1. The van der Waals surface area contributed by atoms with Crippen molar-refractivity contribution in [1.82, 2.24) is 9.21 Å². The van der Waals surface area contributed by atoms with Crippen molar-refractivity contribution < 1.29 is 22.3 Å². The van der Waals surface area contributed by atoms with Gasteiger partial charge in [-0.2, -0.15) is 4.31 Å². The quantitative estimate of drug-likeness (QED) is 0.672. The first-order valence-electron chi connectivity index (χ1n) is 10.7. The zero-order chi connectivity index (χ0) is 22.8. The number of carbonyl (C=O) groups is 1. The van der Waals surface area contributed by atoms with Gasteiger partial charge in [-0.05, 0) is 61.2 Å². The van der Waals surface area contributed by atoms with E-state index < -0.39 is 21.3 Å². The monoisotopic (exact) mass is 480 g/mol. The molecule has 0 N–H and O–H groups in total. The van der Waals surface area contributed by atoms with E-state index in [0.717, 1.165) is 17.7 Å². The molecule has 172 valence electrons. The summed E-state index contributed by atoms with van der Waals surface area (Å²) in [7, 11) is -3.76. The van der Waals surface area contributed by atoms with Crippen LogP contribution < -0.4 is 0 Å². The molecule has 1 amide bonds. The first kappa shape index (κ1) is 23.2. The van der Waals surface area contributed by atoms with Crippen molar-refractivity contribution in [3.63, 3.8) is 0 Å². The third-order valence-corrected chi connectivity index (χ3v) is 8.47. The number of nitrogens with zero attached hydrogens (tertiary/aromatic N) is 2. The van der Waals surface area contributed by atoms with Gasteiger partial charge >= 0.3 is 0 Å². The van der Waals surface area contributed by atoms with Crippen LogP contribution in [0.3, 0.4) is 0 Å². The SMILES string of the molecule is O=C(N1CCCN(S(=O)(=O)c2ccc(F)cc2)CC1)C1(c2cccc(Cl)c2)CCOCC1. The second kappa shape index (κ2) is 9.47. The van der Waals surface area contributed by atoms with E-state index in [-0.39, 0.29) is 17.3 Å². The fourth-order valence-corrected chi connectivity index (χ4v) is 6.19. The maximum Gasteiger partial charge on any atom is 0.243 e. The predicted octanol–water partition coefficient (Wildman–Crippen LogP) is 3.45. The lowest BCUT2D eigenvalue weighted by molar-refractivity contribution is -0.141. The van der Waals surface area contributed by atoms with Crippen molar-refractivity contribution in [2.45, 2.75) is 29.6 Å². The Morgan fingerprint density at radius 3 is 2.41 bits per heavy atom. The van der Waals surface area contributed by atoms with Crippen LogP contribution in [0.15, 0.2) is 53.4 Å². The van der Waals surface area contributed by atoms with Gasteiger partial charge in [-0.25, -0.2) is 12.8 Å². The third-order valence-electron chi connectivity index (χ3n) is 6.33. The van der Waals surface area contributed by atoms with Gasteiger partial charge in [0.15, 0.2) is 0 Å². The highest BCUT2D eigenvalue weighted by atomic mass is 35.5. The minimum Gasteiger partial charge on any atom is -0.381 e. The van der Waals surface area contributed by atoms with Crippen molar-refractivity contribution in [2.24, 2.45) is 0 Å². The van der Waals surface area contributed by atoms with Crippen LogP contribution in [-0.2, 0) is 25.0 Å². The highest BCUT2D eigenvalue weighted by Crippen LogP contribution is 2.38. The van der Waals surface area contributed by atoms with Crippen molar-refractivity contribution >= 4 is 27.5 Å². The van der Waals surface area contributed by atoms with Crippen molar-refractivity contribution in [3.05, 3.63) is 64.9 Å². The van der Waals surface area contributed by atoms with Gasteiger partial charge in [-0.1, -0.05) is 23.7 Å². The number of halogens is 2. The molecule has 2 saturated heterocycles. The van der Waals surface area contributed by atoms with Crippen LogP contribution in [0.1, 0.15) is 24.8 Å². The number of carbonyl (C=O) groups excluding carboxylic acids is 1. The summed E-state index contributed by atoms with van der Waals surface area (Å²) in [5.74, 6) is -0.497. The first-order chi connectivity index (χ1) is 15.3. The molecule has 0 saturated carbocycles. The summed E-state index contributed by atoms with van der Waals surface area (Å²) >= 11 is 6.23. The zero-order valence-electron chi connectivity index (χ0n) is 17.7. The van der Waals surface area contributed by atoms with E-state index in [2.05, 4.69) is 0 Å². The second-order valence-corrected chi connectivity index (χ2v) is 10.6. The molecular formula is C23H26ClFN2O4S. The summed E-state index contributed by atoms with van der Waals surface area (Å²) in [6, 6.07) is 12.2. The standard InChI is InChI=1S/C23H26ClFN2O4S/c24-19-4-1-3-18(17-19)23(9-15-31-16-10-23)22(28)26-11-2-12-27(14-13-26)32(29,30)21-7-5-20(25)6-8-21/h1,3-8,17H,2,9-16H2. The molecule has 0 radical (unpaired) electrons. The van der Waals surface area contributed by atoms with E-state index in [9.17, 15) is 17.6 Å².